The number of hydrogen-bond donors (Lipinski definition) is 2. The van der Waals surface area contributed by atoms with Crippen LogP contribution in [-0.2, 0) is 12.8 Å². The second-order valence-electron chi connectivity index (χ2n) is 13.1. The molecule has 2 atom stereocenters. The first-order valence-corrected chi connectivity index (χ1v) is 18.4. The molecule has 4 aromatic carbocycles. The number of halogens is 5. The largest absolute Gasteiger partial charge is 0.346 e. The minimum absolute atomic E-state index is 0.0243. The molecule has 48 heavy (non-hydrogen) atoms. The summed E-state index contributed by atoms with van der Waals surface area (Å²) in [7, 11) is 0. The molecule has 2 spiro atoms. The minimum atomic E-state index is -0.750. The number of carbonyl (C=O) groups excluding carboxylic acids is 2. The van der Waals surface area contributed by atoms with Crippen LogP contribution < -0.4 is 10.6 Å². The van der Waals surface area contributed by atoms with Crippen molar-refractivity contribution in [2.45, 2.75) is 78.6 Å². The maximum absolute atomic E-state index is 12.3. The third-order valence-electron chi connectivity index (χ3n) is 10.0. The number of hydrogen-bond acceptors (Lipinski definition) is 2. The Labute approximate surface area is 307 Å². The highest BCUT2D eigenvalue weighted by Gasteiger charge is 2.55. The van der Waals surface area contributed by atoms with E-state index in [1.807, 2.05) is 36.4 Å². The highest BCUT2D eigenvalue weighted by atomic mass is 35.6. The molecule has 0 aromatic heterocycles. The molecule has 250 valence electrons. The van der Waals surface area contributed by atoms with Crippen molar-refractivity contribution >= 4 is 69.8 Å². The average Bonchev–Trinajstić information content (AvgIpc) is 4.00. The summed E-state index contributed by atoms with van der Waals surface area (Å²) < 4.78 is -0.750. The Balaban J connectivity index is 0.000000151. The van der Waals surface area contributed by atoms with Crippen LogP contribution in [0, 0.1) is 0 Å². The Morgan fingerprint density at radius 3 is 1.27 bits per heavy atom. The van der Waals surface area contributed by atoms with Crippen LogP contribution in [0.2, 0.25) is 10.0 Å². The van der Waals surface area contributed by atoms with Gasteiger partial charge in [-0.25, -0.2) is 0 Å². The van der Waals surface area contributed by atoms with Crippen molar-refractivity contribution in [2.75, 3.05) is 0 Å². The molecule has 4 nitrogen and oxygen atoms in total. The lowest BCUT2D eigenvalue weighted by molar-refractivity contribution is 0.0895. The Hall–Kier alpha value is -2.73. The zero-order valence-electron chi connectivity index (χ0n) is 26.3. The van der Waals surface area contributed by atoms with Gasteiger partial charge in [-0.1, -0.05) is 119 Å². The average molecular weight is 743 g/mol. The van der Waals surface area contributed by atoms with Crippen LogP contribution >= 0.6 is 58.0 Å². The van der Waals surface area contributed by atoms with Gasteiger partial charge in [-0.15, -0.1) is 0 Å². The maximum Gasteiger partial charge on any atom is 0.252 e. The molecular weight excluding hydrogens is 706 g/mol. The minimum Gasteiger partial charge on any atom is -0.346 e. The highest BCUT2D eigenvalue weighted by Crippen LogP contribution is 2.54. The maximum atomic E-state index is 12.3. The van der Waals surface area contributed by atoms with Crippen LogP contribution in [0.25, 0.3) is 0 Å². The van der Waals surface area contributed by atoms with E-state index in [0.717, 1.165) is 73.6 Å². The molecule has 0 radical (unpaired) electrons. The predicted octanol–water partition coefficient (Wildman–Crippen LogP) is 10.7. The van der Waals surface area contributed by atoms with Gasteiger partial charge in [-0.3, -0.25) is 9.59 Å². The van der Waals surface area contributed by atoms with Gasteiger partial charge in [0.15, 0.2) is 4.30 Å². The summed E-state index contributed by atoms with van der Waals surface area (Å²) in [6.45, 7) is 0. The van der Waals surface area contributed by atoms with Gasteiger partial charge >= 0.3 is 0 Å². The molecule has 4 aliphatic rings. The van der Waals surface area contributed by atoms with E-state index in [1.165, 1.54) is 11.1 Å². The van der Waals surface area contributed by atoms with E-state index in [4.69, 9.17) is 58.0 Å². The molecule has 2 N–H and O–H groups in total. The van der Waals surface area contributed by atoms with Gasteiger partial charge in [0.05, 0.1) is 0 Å². The van der Waals surface area contributed by atoms with E-state index in [0.29, 0.717) is 21.9 Å². The van der Waals surface area contributed by atoms with Crippen LogP contribution in [0.15, 0.2) is 97.1 Å². The van der Waals surface area contributed by atoms with Crippen molar-refractivity contribution in [3.05, 3.63) is 140 Å². The molecule has 8 rings (SSSR count). The second-order valence-corrected chi connectivity index (χ2v) is 15.9. The lowest BCUT2D eigenvalue weighted by atomic mass is 9.79. The van der Waals surface area contributed by atoms with Crippen molar-refractivity contribution < 1.29 is 9.59 Å². The number of benzene rings is 4. The summed E-state index contributed by atoms with van der Waals surface area (Å²) in [6.07, 6.45) is 8.42. The number of fused-ring (bicyclic) bond motifs is 2. The van der Waals surface area contributed by atoms with Crippen LogP contribution in [0.1, 0.15) is 93.3 Å². The lowest BCUT2D eigenvalue weighted by Crippen LogP contribution is -2.46. The summed E-state index contributed by atoms with van der Waals surface area (Å²) in [5, 5.41) is 7.93. The lowest BCUT2D eigenvalue weighted by Gasteiger charge is -2.35. The monoisotopic (exact) mass is 740 g/mol. The topological polar surface area (TPSA) is 58.2 Å². The fourth-order valence-corrected chi connectivity index (χ4v) is 7.77. The number of amides is 2. The Kier molecular flexibility index (Phi) is 11.0. The molecule has 0 unspecified atom stereocenters. The fourth-order valence-electron chi connectivity index (χ4n) is 7.40. The third kappa shape index (κ3) is 8.17. The molecular formula is C39H37Cl5N2O2. The van der Waals surface area contributed by atoms with E-state index >= 15 is 0 Å². The molecule has 0 saturated heterocycles. The smallest absolute Gasteiger partial charge is 0.252 e. The molecule has 2 saturated carbocycles. The van der Waals surface area contributed by atoms with Crippen molar-refractivity contribution in [3.63, 3.8) is 0 Å². The zero-order chi connectivity index (χ0) is 33.9. The number of aryl methyl sites for hydroxylation is 2. The van der Waals surface area contributed by atoms with Gasteiger partial charge in [0.25, 0.3) is 11.8 Å². The fraction of sp³-hybridized carbons (Fsp3) is 0.333. The van der Waals surface area contributed by atoms with Crippen molar-refractivity contribution in [2.24, 2.45) is 0 Å². The quantitative estimate of drug-likeness (QED) is 0.193. The van der Waals surface area contributed by atoms with E-state index in [-0.39, 0.29) is 22.9 Å². The first-order valence-electron chi connectivity index (χ1n) is 16.3. The first-order chi connectivity index (χ1) is 23.1. The number of rotatable bonds is 6. The van der Waals surface area contributed by atoms with Gasteiger partial charge in [-0.2, -0.15) is 0 Å². The van der Waals surface area contributed by atoms with Crippen LogP contribution in [-0.4, -0.2) is 27.2 Å². The number of alkyl halides is 3. The van der Waals surface area contributed by atoms with Gasteiger partial charge in [0.2, 0.25) is 0 Å². The molecule has 2 heterocycles. The SMILES string of the molecule is ClC(Cl)Cl.O=C1NC2(CC2)[C@H](CCc2ccccc2)c2cc(Cl)ccc21.O=C1NC2(CC2)[C@H](CCc2ccccc2)c2cc(Cl)ccc21. The van der Waals surface area contributed by atoms with Gasteiger partial charge in [0.1, 0.15) is 0 Å². The van der Waals surface area contributed by atoms with Crippen LogP contribution in [0.5, 0.6) is 0 Å². The first kappa shape index (κ1) is 35.1. The van der Waals surface area contributed by atoms with Gasteiger partial charge in [0, 0.05) is 44.1 Å². The molecule has 2 amide bonds. The zero-order valence-corrected chi connectivity index (χ0v) is 30.1. The Bertz CT molecular complexity index is 1630. The molecule has 0 bridgehead atoms. The Morgan fingerprint density at radius 2 is 0.938 bits per heavy atom. The van der Waals surface area contributed by atoms with E-state index in [1.54, 1.807) is 12.1 Å². The van der Waals surface area contributed by atoms with Gasteiger partial charge < -0.3 is 10.6 Å². The molecule has 2 fully saturated rings. The summed E-state index contributed by atoms with van der Waals surface area (Å²) in [5.41, 5.74) is 6.49. The predicted molar refractivity (Wildman–Crippen MR) is 198 cm³/mol. The van der Waals surface area contributed by atoms with Crippen LogP contribution in [0.4, 0.5) is 0 Å². The Morgan fingerprint density at radius 1 is 0.583 bits per heavy atom. The third-order valence-corrected chi connectivity index (χ3v) is 10.5. The van der Waals surface area contributed by atoms with E-state index in [2.05, 4.69) is 59.2 Å². The second kappa shape index (κ2) is 15.0. The summed E-state index contributed by atoms with van der Waals surface area (Å²) in [6, 6.07) is 32.4. The summed E-state index contributed by atoms with van der Waals surface area (Å²) >= 11 is 26.8. The van der Waals surface area contributed by atoms with Crippen LogP contribution in [0.3, 0.4) is 0 Å². The van der Waals surface area contributed by atoms with Crippen molar-refractivity contribution in [3.8, 4) is 0 Å². The number of nitrogens with one attached hydrogen (secondary N) is 2. The molecule has 2 aliphatic carbocycles. The molecule has 2 aliphatic heterocycles. The van der Waals surface area contributed by atoms with E-state index in [9.17, 15) is 9.59 Å². The van der Waals surface area contributed by atoms with Crippen molar-refractivity contribution in [1.29, 1.82) is 0 Å². The number of carbonyl (C=O) groups is 2. The normalized spacial score (nSPS) is 20.3. The standard InChI is InChI=1S/2C19H18ClNO.CHCl3/c2*20-14-7-8-15-16(12-14)17(19(10-11-19)21-18(15)22)9-6-13-4-2-1-3-5-13;2-1(3)4/h2*1-5,7-8,12,17H,6,9-11H2,(H,21,22);1H/t2*17-;/m11./s1. The van der Waals surface area contributed by atoms with Crippen molar-refractivity contribution in [1.82, 2.24) is 10.6 Å². The summed E-state index contributed by atoms with van der Waals surface area (Å²) in [5.74, 6) is 0.832. The summed E-state index contributed by atoms with van der Waals surface area (Å²) in [4.78, 5) is 24.6. The highest BCUT2D eigenvalue weighted by molar-refractivity contribution is 6.63. The van der Waals surface area contributed by atoms with E-state index < -0.39 is 4.30 Å². The van der Waals surface area contributed by atoms with Gasteiger partial charge in [-0.05, 0) is 110 Å². The molecule has 4 aromatic rings. The molecule has 9 heteroatoms.